The van der Waals surface area contributed by atoms with Crippen LogP contribution in [-0.4, -0.2) is 30.4 Å². The molecule has 0 aromatic heterocycles. The van der Waals surface area contributed by atoms with Crippen molar-refractivity contribution in [3.63, 3.8) is 0 Å². The largest absolute Gasteiger partial charge is 0.355 e. The highest BCUT2D eigenvalue weighted by molar-refractivity contribution is 5.87. The number of nitrogens with two attached hydrogens (primary N) is 1. The van der Waals surface area contributed by atoms with Crippen LogP contribution in [0.4, 0.5) is 0 Å². The van der Waals surface area contributed by atoms with Gasteiger partial charge in [0.15, 0.2) is 0 Å². The quantitative estimate of drug-likeness (QED) is 0.581. The number of carbonyl (C=O) groups is 2. The number of nitrogens with one attached hydrogen (secondary N) is 2. The van der Waals surface area contributed by atoms with Crippen LogP contribution in [0.25, 0.3) is 0 Å². The first-order valence-corrected chi connectivity index (χ1v) is 5.80. The van der Waals surface area contributed by atoms with Crippen LogP contribution in [0.1, 0.15) is 40.0 Å². The minimum atomic E-state index is -0.470. The summed E-state index contributed by atoms with van der Waals surface area (Å²) in [5.74, 6) is -0.248. The topological polar surface area (TPSA) is 84.2 Å². The Morgan fingerprint density at radius 3 is 2.44 bits per heavy atom. The molecule has 0 heterocycles. The van der Waals surface area contributed by atoms with Crippen molar-refractivity contribution in [3.05, 3.63) is 0 Å². The van der Waals surface area contributed by atoms with Crippen LogP contribution < -0.4 is 16.4 Å². The third-order valence-corrected chi connectivity index (χ3v) is 2.19. The van der Waals surface area contributed by atoms with Crippen LogP contribution >= 0.6 is 0 Å². The second-order valence-electron chi connectivity index (χ2n) is 4.05. The summed E-state index contributed by atoms with van der Waals surface area (Å²) >= 11 is 0. The highest BCUT2D eigenvalue weighted by Gasteiger charge is 2.13. The van der Waals surface area contributed by atoms with E-state index in [0.717, 1.165) is 12.8 Å². The first-order valence-electron chi connectivity index (χ1n) is 5.80. The number of hydrogen-bond donors (Lipinski definition) is 3. The lowest BCUT2D eigenvalue weighted by molar-refractivity contribution is -0.128. The molecule has 4 N–H and O–H groups in total. The van der Waals surface area contributed by atoms with Gasteiger partial charge < -0.3 is 16.4 Å². The lowest BCUT2D eigenvalue weighted by Gasteiger charge is -2.13. The molecule has 0 radical (unpaired) electrons. The molecule has 0 rings (SSSR count). The number of likely N-dealkylation sites (N-methyl/N-ethyl adjacent to an activating group) is 1. The Labute approximate surface area is 97.2 Å². The zero-order valence-corrected chi connectivity index (χ0v) is 10.4. The maximum atomic E-state index is 11.4. The fourth-order valence-electron chi connectivity index (χ4n) is 1.29. The standard InChI is InChI=1S/C11H23N3O2/c1-4-13-11(16)9(3)14-10(15)7-5-6-8(2)12/h8-9H,4-7,12H2,1-3H3,(H,13,16)(H,14,15). The minimum absolute atomic E-state index is 0.0978. The molecule has 2 unspecified atom stereocenters. The molecule has 0 aromatic rings. The predicted molar refractivity (Wildman–Crippen MR) is 63.8 cm³/mol. The molecule has 0 aliphatic carbocycles. The second kappa shape index (κ2) is 8.10. The van der Waals surface area contributed by atoms with Crippen molar-refractivity contribution in [2.24, 2.45) is 5.73 Å². The fraction of sp³-hybridized carbons (Fsp3) is 0.818. The van der Waals surface area contributed by atoms with Crippen molar-refractivity contribution < 1.29 is 9.59 Å². The van der Waals surface area contributed by atoms with E-state index in [1.165, 1.54) is 0 Å². The van der Waals surface area contributed by atoms with Gasteiger partial charge in [0, 0.05) is 19.0 Å². The van der Waals surface area contributed by atoms with E-state index in [-0.39, 0.29) is 17.9 Å². The van der Waals surface area contributed by atoms with E-state index in [2.05, 4.69) is 10.6 Å². The van der Waals surface area contributed by atoms with Gasteiger partial charge in [-0.05, 0) is 33.6 Å². The fourth-order valence-corrected chi connectivity index (χ4v) is 1.29. The van der Waals surface area contributed by atoms with Gasteiger partial charge in [-0.1, -0.05) is 0 Å². The van der Waals surface area contributed by atoms with Gasteiger partial charge in [0.05, 0.1) is 0 Å². The second-order valence-corrected chi connectivity index (χ2v) is 4.05. The lowest BCUT2D eigenvalue weighted by Crippen LogP contribution is -2.44. The molecule has 0 spiro atoms. The molecule has 2 atom stereocenters. The van der Waals surface area contributed by atoms with Gasteiger partial charge in [-0.25, -0.2) is 0 Å². The molecule has 16 heavy (non-hydrogen) atoms. The molecular formula is C11H23N3O2. The average Bonchev–Trinajstić information content (AvgIpc) is 2.17. The van der Waals surface area contributed by atoms with Crippen molar-refractivity contribution in [2.75, 3.05) is 6.54 Å². The summed E-state index contributed by atoms with van der Waals surface area (Å²) in [6.07, 6.45) is 2.00. The van der Waals surface area contributed by atoms with E-state index in [1.54, 1.807) is 6.92 Å². The number of rotatable bonds is 7. The summed E-state index contributed by atoms with van der Waals surface area (Å²) in [5.41, 5.74) is 5.57. The minimum Gasteiger partial charge on any atom is -0.355 e. The third kappa shape index (κ3) is 7.23. The van der Waals surface area contributed by atoms with Gasteiger partial charge in [0.2, 0.25) is 11.8 Å². The van der Waals surface area contributed by atoms with Crippen LogP contribution in [0, 0.1) is 0 Å². The smallest absolute Gasteiger partial charge is 0.242 e. The van der Waals surface area contributed by atoms with Crippen LogP contribution in [0.15, 0.2) is 0 Å². The van der Waals surface area contributed by atoms with Crippen molar-refractivity contribution in [1.82, 2.24) is 10.6 Å². The molecule has 0 aliphatic rings. The van der Waals surface area contributed by atoms with Crippen LogP contribution in [0.3, 0.4) is 0 Å². The van der Waals surface area contributed by atoms with Crippen LogP contribution in [0.5, 0.6) is 0 Å². The van der Waals surface area contributed by atoms with E-state index in [1.807, 2.05) is 13.8 Å². The molecule has 5 nitrogen and oxygen atoms in total. The van der Waals surface area contributed by atoms with Crippen LogP contribution in [-0.2, 0) is 9.59 Å². The Morgan fingerprint density at radius 1 is 1.31 bits per heavy atom. The molecule has 0 bridgehead atoms. The summed E-state index contributed by atoms with van der Waals surface area (Å²) in [4.78, 5) is 22.7. The van der Waals surface area contributed by atoms with Gasteiger partial charge in [0.25, 0.3) is 0 Å². The van der Waals surface area contributed by atoms with Crippen molar-refractivity contribution in [2.45, 2.75) is 52.1 Å². The zero-order chi connectivity index (χ0) is 12.6. The summed E-state index contributed by atoms with van der Waals surface area (Å²) < 4.78 is 0. The number of hydrogen-bond acceptors (Lipinski definition) is 3. The summed E-state index contributed by atoms with van der Waals surface area (Å²) in [6.45, 7) is 6.00. The Hall–Kier alpha value is -1.10. The highest BCUT2D eigenvalue weighted by atomic mass is 16.2. The molecule has 0 aromatic carbocycles. The predicted octanol–water partition coefficient (Wildman–Crippen LogP) is 0.145. The van der Waals surface area contributed by atoms with Crippen molar-refractivity contribution >= 4 is 11.8 Å². The maximum absolute atomic E-state index is 11.4. The molecule has 0 aliphatic heterocycles. The number of amides is 2. The molecular weight excluding hydrogens is 206 g/mol. The van der Waals surface area contributed by atoms with E-state index < -0.39 is 6.04 Å². The SMILES string of the molecule is CCNC(=O)C(C)NC(=O)CCCC(C)N. The Bertz CT molecular complexity index is 229. The summed E-state index contributed by atoms with van der Waals surface area (Å²) in [7, 11) is 0. The van der Waals surface area contributed by atoms with Gasteiger partial charge in [-0.3, -0.25) is 9.59 Å². The molecule has 5 heteroatoms. The average molecular weight is 229 g/mol. The van der Waals surface area contributed by atoms with Gasteiger partial charge in [-0.15, -0.1) is 0 Å². The van der Waals surface area contributed by atoms with Gasteiger partial charge >= 0.3 is 0 Å². The normalized spacial score (nSPS) is 14.0. The molecule has 0 saturated heterocycles. The Balaban J connectivity index is 3.74. The van der Waals surface area contributed by atoms with E-state index in [4.69, 9.17) is 5.73 Å². The number of carbonyl (C=O) groups excluding carboxylic acids is 2. The first kappa shape index (κ1) is 14.9. The van der Waals surface area contributed by atoms with E-state index in [0.29, 0.717) is 13.0 Å². The Kier molecular flexibility index (Phi) is 7.54. The van der Waals surface area contributed by atoms with Crippen LogP contribution in [0.2, 0.25) is 0 Å². The lowest BCUT2D eigenvalue weighted by atomic mass is 10.1. The molecule has 94 valence electrons. The highest BCUT2D eigenvalue weighted by Crippen LogP contribution is 1.98. The summed E-state index contributed by atoms with van der Waals surface area (Å²) in [6, 6.07) is -0.351. The van der Waals surface area contributed by atoms with Gasteiger partial charge in [-0.2, -0.15) is 0 Å². The summed E-state index contributed by atoms with van der Waals surface area (Å²) in [5, 5.41) is 5.30. The molecule has 0 saturated carbocycles. The first-order chi connectivity index (χ1) is 7.47. The van der Waals surface area contributed by atoms with E-state index >= 15 is 0 Å². The van der Waals surface area contributed by atoms with Crippen molar-refractivity contribution in [3.8, 4) is 0 Å². The molecule has 0 fully saturated rings. The monoisotopic (exact) mass is 229 g/mol. The Morgan fingerprint density at radius 2 is 1.94 bits per heavy atom. The van der Waals surface area contributed by atoms with Gasteiger partial charge in [0.1, 0.15) is 6.04 Å². The third-order valence-electron chi connectivity index (χ3n) is 2.19. The zero-order valence-electron chi connectivity index (χ0n) is 10.4. The molecule has 2 amide bonds. The maximum Gasteiger partial charge on any atom is 0.242 e. The van der Waals surface area contributed by atoms with Crippen molar-refractivity contribution in [1.29, 1.82) is 0 Å². The van der Waals surface area contributed by atoms with E-state index in [9.17, 15) is 9.59 Å².